The van der Waals surface area contributed by atoms with Crippen LogP contribution in [0.2, 0.25) is 0 Å². The third kappa shape index (κ3) is 4.13. The monoisotopic (exact) mass is 324 g/mol. The molecule has 21 heavy (non-hydrogen) atoms. The molecule has 1 atom stereocenters. The SMILES string of the molecule is [2H]C1([2H])CCOP(=O)(N(C([2H])([2H])C([2H])([2H])O)C([2H])([2H])C([2H])([2H])O)N1Cc1ccccc1. The van der Waals surface area contributed by atoms with Crippen molar-refractivity contribution >= 4 is 7.67 Å². The molecule has 0 radical (unpaired) electrons. The fourth-order valence-electron chi connectivity index (χ4n) is 1.81. The number of hydrogen-bond donors (Lipinski definition) is 2. The minimum atomic E-state index is -5.32. The molecule has 0 aromatic heterocycles. The highest BCUT2D eigenvalue weighted by molar-refractivity contribution is 7.54. The van der Waals surface area contributed by atoms with Gasteiger partial charge < -0.3 is 14.7 Å². The van der Waals surface area contributed by atoms with Crippen LogP contribution < -0.4 is 0 Å². The average molecular weight is 324 g/mol. The van der Waals surface area contributed by atoms with Crippen LogP contribution in [-0.4, -0.2) is 58.8 Å². The molecule has 1 fully saturated rings. The van der Waals surface area contributed by atoms with Gasteiger partial charge in [0.05, 0.1) is 25.2 Å². The molecule has 6 nitrogen and oxygen atoms in total. The Morgan fingerprint density at radius 2 is 2.00 bits per heavy atom. The molecule has 1 aromatic carbocycles. The highest BCUT2D eigenvalue weighted by Gasteiger charge is 2.40. The van der Waals surface area contributed by atoms with Crippen LogP contribution in [0.1, 0.15) is 25.7 Å². The molecule has 1 aromatic rings. The third-order valence-corrected chi connectivity index (χ3v) is 4.82. The Kier molecular flexibility index (Phi) is 2.94. The van der Waals surface area contributed by atoms with Crippen molar-refractivity contribution in [3.8, 4) is 0 Å². The summed E-state index contributed by atoms with van der Waals surface area (Å²) in [7, 11) is -5.32. The summed E-state index contributed by atoms with van der Waals surface area (Å²) in [4.78, 5) is 0. The van der Waals surface area contributed by atoms with Gasteiger partial charge in [-0.25, -0.2) is 9.34 Å². The van der Waals surface area contributed by atoms with Gasteiger partial charge in [-0.3, -0.25) is 4.57 Å². The predicted molar refractivity (Wildman–Crippen MR) is 80.8 cm³/mol. The number of hydrogen-bond acceptors (Lipinski definition) is 4. The Labute approximate surface area is 139 Å². The minimum Gasteiger partial charge on any atom is -0.395 e. The van der Waals surface area contributed by atoms with Crippen molar-refractivity contribution in [3.05, 3.63) is 35.9 Å². The van der Waals surface area contributed by atoms with Crippen molar-refractivity contribution in [1.82, 2.24) is 9.34 Å². The first kappa shape index (κ1) is 7.68. The Balaban J connectivity index is 2.77. The maximum atomic E-state index is 14.0. The second kappa shape index (κ2) is 8.03. The normalized spacial score (nSPS) is 35.8. The van der Waals surface area contributed by atoms with Crippen molar-refractivity contribution in [3.63, 3.8) is 0 Å². The topological polar surface area (TPSA) is 73.2 Å². The number of benzene rings is 1. The molecule has 0 aliphatic carbocycles. The molecule has 0 saturated carbocycles. The van der Waals surface area contributed by atoms with Gasteiger partial charge in [0.15, 0.2) is 0 Å². The van der Waals surface area contributed by atoms with E-state index in [-0.39, 0.29) is 6.42 Å². The Morgan fingerprint density at radius 1 is 1.33 bits per heavy atom. The Morgan fingerprint density at radius 3 is 2.62 bits per heavy atom. The minimum absolute atomic E-state index is 0.359. The van der Waals surface area contributed by atoms with Gasteiger partial charge in [-0.15, -0.1) is 0 Å². The van der Waals surface area contributed by atoms with E-state index in [9.17, 15) is 14.8 Å². The maximum absolute atomic E-state index is 14.0. The highest BCUT2D eigenvalue weighted by atomic mass is 31.2. The van der Waals surface area contributed by atoms with Crippen LogP contribution in [0.5, 0.6) is 0 Å². The molecule has 1 heterocycles. The lowest BCUT2D eigenvalue weighted by atomic mass is 10.2. The lowest BCUT2D eigenvalue weighted by Gasteiger charge is -2.40. The predicted octanol–water partition coefficient (Wildman–Crippen LogP) is 1.30. The van der Waals surface area contributed by atoms with Crippen molar-refractivity contribution < 1.29 is 33.0 Å². The van der Waals surface area contributed by atoms with Crippen LogP contribution in [-0.2, 0) is 15.6 Å². The lowest BCUT2D eigenvalue weighted by molar-refractivity contribution is 0.138. The van der Waals surface area contributed by atoms with E-state index in [1.165, 1.54) is 12.1 Å². The summed E-state index contributed by atoms with van der Waals surface area (Å²) in [6.45, 7) is -19.3. The zero-order valence-corrected chi connectivity index (χ0v) is 12.0. The van der Waals surface area contributed by atoms with Crippen LogP contribution in [0.15, 0.2) is 30.3 Å². The van der Waals surface area contributed by atoms with Crippen LogP contribution in [0, 0.1) is 0 Å². The molecule has 0 amide bonds. The van der Waals surface area contributed by atoms with E-state index in [4.69, 9.17) is 18.2 Å². The molecule has 1 saturated heterocycles. The van der Waals surface area contributed by atoms with Gasteiger partial charge in [0.2, 0.25) is 0 Å². The van der Waals surface area contributed by atoms with Gasteiger partial charge >= 0.3 is 7.67 Å². The summed E-state index contributed by atoms with van der Waals surface area (Å²) in [6.07, 6.45) is -0.373. The average Bonchev–Trinajstić information content (AvgIpc) is 2.56. The van der Waals surface area contributed by atoms with Gasteiger partial charge in [0.25, 0.3) is 0 Å². The van der Waals surface area contributed by atoms with E-state index in [1.807, 2.05) is 0 Å². The van der Waals surface area contributed by atoms with Crippen molar-refractivity contribution in [2.75, 3.05) is 39.2 Å². The van der Waals surface area contributed by atoms with Crippen molar-refractivity contribution in [1.29, 1.82) is 0 Å². The molecule has 7 heteroatoms. The van der Waals surface area contributed by atoms with Crippen molar-refractivity contribution in [2.24, 2.45) is 0 Å². The molecule has 1 aliphatic heterocycles. The summed E-state index contributed by atoms with van der Waals surface area (Å²) in [5, 5.41) is 19.5. The van der Waals surface area contributed by atoms with Crippen molar-refractivity contribution in [2.45, 2.75) is 13.0 Å². The molecule has 0 spiro atoms. The summed E-state index contributed by atoms with van der Waals surface area (Å²) >= 11 is 0. The first-order valence-electron chi connectivity index (χ1n) is 11.1. The molecular formula is C14H23N2O4P. The van der Waals surface area contributed by atoms with Crippen LogP contribution in [0.3, 0.4) is 0 Å². The van der Waals surface area contributed by atoms with Gasteiger partial charge in [-0.1, -0.05) is 30.3 Å². The molecule has 2 rings (SSSR count). The van der Waals surface area contributed by atoms with E-state index in [1.54, 1.807) is 18.2 Å². The molecule has 0 bridgehead atoms. The zero-order valence-electron chi connectivity index (χ0n) is 21.1. The van der Waals surface area contributed by atoms with Gasteiger partial charge in [-0.05, 0) is 12.0 Å². The largest absolute Gasteiger partial charge is 0.395 e. The number of aliphatic hydroxyl groups is 2. The van der Waals surface area contributed by atoms with E-state index >= 15 is 0 Å². The summed E-state index contributed by atoms with van der Waals surface area (Å²) in [5.41, 5.74) is 0.359. The van der Waals surface area contributed by atoms with Crippen LogP contribution in [0.4, 0.5) is 0 Å². The third-order valence-electron chi connectivity index (χ3n) is 2.70. The molecule has 2 N–H and O–H groups in total. The lowest BCUT2D eigenvalue weighted by Crippen LogP contribution is -2.39. The number of rotatable bonds is 7. The van der Waals surface area contributed by atoms with Gasteiger partial charge in [-0.2, -0.15) is 0 Å². The fraction of sp³-hybridized carbons (Fsp3) is 0.571. The van der Waals surface area contributed by atoms with E-state index in [0.29, 0.717) is 10.2 Å². The molecule has 118 valence electrons. The zero-order chi connectivity index (χ0) is 24.1. The van der Waals surface area contributed by atoms with E-state index in [2.05, 4.69) is 0 Å². The van der Waals surface area contributed by atoms with E-state index in [0.717, 1.165) is 0 Å². The first-order chi connectivity index (χ1) is 13.8. The maximum Gasteiger partial charge on any atom is 0.346 e. The van der Waals surface area contributed by atoms with Crippen LogP contribution >= 0.6 is 7.67 Å². The Hall–Kier alpha value is -0.750. The van der Waals surface area contributed by atoms with Crippen LogP contribution in [0.25, 0.3) is 0 Å². The number of nitrogens with zero attached hydrogens (tertiary/aromatic N) is 2. The van der Waals surface area contributed by atoms with E-state index < -0.39 is 58.1 Å². The smallest absolute Gasteiger partial charge is 0.346 e. The standard InChI is InChI=1S/C14H23N2O4P/c17-10-8-15(9-11-18)21(19)16(7-4-12-20-21)13-14-5-2-1-3-6-14/h1-3,5-6,17-18H,4,7-13H2/i7D2,8D2,9D2,10D2,11D2. The molecular weight excluding hydrogens is 291 g/mol. The second-order valence-electron chi connectivity index (χ2n) is 4.03. The molecule has 1 aliphatic rings. The summed E-state index contributed by atoms with van der Waals surface area (Å²) in [6, 6.07) is 7.83. The van der Waals surface area contributed by atoms with Gasteiger partial charge in [0, 0.05) is 34.3 Å². The second-order valence-corrected chi connectivity index (χ2v) is 6.16. The Bertz CT molecular complexity index is 805. The molecule has 1 unspecified atom stereocenters. The quantitative estimate of drug-likeness (QED) is 0.737. The first-order valence-corrected chi connectivity index (χ1v) is 7.64. The highest BCUT2D eigenvalue weighted by Crippen LogP contribution is 2.56. The fourth-order valence-corrected chi connectivity index (χ4v) is 3.58. The van der Waals surface area contributed by atoms with Gasteiger partial charge in [0.1, 0.15) is 0 Å². The summed E-state index contributed by atoms with van der Waals surface area (Å²) < 4.78 is 97.1. The summed E-state index contributed by atoms with van der Waals surface area (Å²) in [5.74, 6) is 0.